The predicted molar refractivity (Wildman–Crippen MR) is 78.5 cm³/mol. The Morgan fingerprint density at radius 1 is 1.14 bits per heavy atom. The monoisotopic (exact) mass is 305 g/mol. The first kappa shape index (κ1) is 16.1. The lowest BCUT2D eigenvalue weighted by Gasteiger charge is -2.09. The normalized spacial score (nSPS) is 10.4. The largest absolute Gasteiger partial charge is 0.491 e. The molecular formula is C15H14BF2NO3. The predicted octanol–water partition coefficient (Wildman–Crippen LogP) is 0.883. The van der Waals surface area contributed by atoms with E-state index in [4.69, 9.17) is 10.0 Å². The Morgan fingerprint density at radius 3 is 2.50 bits per heavy atom. The number of rotatable bonds is 4. The van der Waals surface area contributed by atoms with Gasteiger partial charge in [-0.3, -0.25) is 4.79 Å². The van der Waals surface area contributed by atoms with Gasteiger partial charge in [-0.05, 0) is 31.2 Å². The maximum atomic E-state index is 13.6. The molecule has 0 fully saturated rings. The van der Waals surface area contributed by atoms with Crippen LogP contribution in [0.2, 0.25) is 0 Å². The van der Waals surface area contributed by atoms with E-state index in [1.807, 2.05) is 0 Å². The average Bonchev–Trinajstić information content (AvgIpc) is 2.48. The summed E-state index contributed by atoms with van der Waals surface area (Å²) in [5.74, 6) is -1.82. The number of halogens is 2. The number of aryl methyl sites for hydroxylation is 1. The highest BCUT2D eigenvalue weighted by molar-refractivity contribution is 6.58. The van der Waals surface area contributed by atoms with Crippen molar-refractivity contribution in [2.24, 2.45) is 0 Å². The molecule has 0 aliphatic rings. The lowest BCUT2D eigenvalue weighted by atomic mass is 9.79. The molecule has 2 aromatic carbocycles. The summed E-state index contributed by atoms with van der Waals surface area (Å²) in [6.07, 6.45) is 0. The molecule has 0 atom stereocenters. The number of hydrogen-bond donors (Lipinski definition) is 3. The first-order chi connectivity index (χ1) is 10.4. The number of hydrogen-bond acceptors (Lipinski definition) is 3. The summed E-state index contributed by atoms with van der Waals surface area (Å²) in [6, 6.07) is 7.77. The molecule has 0 heterocycles. The van der Waals surface area contributed by atoms with Crippen molar-refractivity contribution in [1.82, 2.24) is 5.32 Å². The zero-order valence-electron chi connectivity index (χ0n) is 11.8. The van der Waals surface area contributed by atoms with E-state index in [2.05, 4.69) is 5.32 Å². The fraction of sp³-hybridized carbons (Fsp3) is 0.133. The zero-order chi connectivity index (χ0) is 16.3. The standard InChI is InChI=1S/C15H14BF2NO3/c1-9-2-4-13(17)11(6-9)8-19-15(20)10-3-5-14(18)12(7-10)16(21)22/h2-7,21-22H,8H2,1H3,(H,19,20). The van der Waals surface area contributed by atoms with Crippen LogP contribution in [0.4, 0.5) is 8.78 Å². The summed E-state index contributed by atoms with van der Waals surface area (Å²) < 4.78 is 26.9. The van der Waals surface area contributed by atoms with Gasteiger partial charge < -0.3 is 15.4 Å². The van der Waals surface area contributed by atoms with Crippen molar-refractivity contribution in [1.29, 1.82) is 0 Å². The van der Waals surface area contributed by atoms with Gasteiger partial charge in [0.25, 0.3) is 5.91 Å². The van der Waals surface area contributed by atoms with E-state index in [1.165, 1.54) is 12.1 Å². The second-order valence-electron chi connectivity index (χ2n) is 4.89. The van der Waals surface area contributed by atoms with Gasteiger partial charge in [-0.2, -0.15) is 0 Å². The molecule has 0 unspecified atom stereocenters. The van der Waals surface area contributed by atoms with Crippen molar-refractivity contribution >= 4 is 18.5 Å². The third-order valence-electron chi connectivity index (χ3n) is 3.18. The Bertz CT molecular complexity index is 707. The van der Waals surface area contributed by atoms with Gasteiger partial charge in [-0.1, -0.05) is 17.7 Å². The molecule has 0 bridgehead atoms. The van der Waals surface area contributed by atoms with Crippen LogP contribution >= 0.6 is 0 Å². The van der Waals surface area contributed by atoms with E-state index in [1.54, 1.807) is 19.1 Å². The van der Waals surface area contributed by atoms with Crippen LogP contribution in [0.3, 0.4) is 0 Å². The molecule has 0 aliphatic heterocycles. The fourth-order valence-corrected chi connectivity index (χ4v) is 2.00. The summed E-state index contributed by atoms with van der Waals surface area (Å²) in [7, 11) is -2.01. The SMILES string of the molecule is Cc1ccc(F)c(CNC(=O)c2ccc(F)c(B(O)O)c2)c1. The maximum absolute atomic E-state index is 13.6. The van der Waals surface area contributed by atoms with Crippen LogP contribution in [0.5, 0.6) is 0 Å². The lowest BCUT2D eigenvalue weighted by molar-refractivity contribution is 0.0950. The highest BCUT2D eigenvalue weighted by atomic mass is 19.1. The van der Waals surface area contributed by atoms with Crippen LogP contribution < -0.4 is 10.8 Å². The van der Waals surface area contributed by atoms with Gasteiger partial charge in [0.15, 0.2) is 0 Å². The van der Waals surface area contributed by atoms with E-state index in [-0.39, 0.29) is 12.1 Å². The molecule has 7 heteroatoms. The van der Waals surface area contributed by atoms with E-state index in [0.29, 0.717) is 5.56 Å². The number of carbonyl (C=O) groups is 1. The summed E-state index contributed by atoms with van der Waals surface area (Å²) in [4.78, 5) is 12.0. The second-order valence-corrected chi connectivity index (χ2v) is 4.89. The lowest BCUT2D eigenvalue weighted by Crippen LogP contribution is -2.34. The molecule has 0 radical (unpaired) electrons. The Morgan fingerprint density at radius 2 is 1.82 bits per heavy atom. The number of nitrogens with one attached hydrogen (secondary N) is 1. The molecule has 0 saturated heterocycles. The molecule has 2 aromatic rings. The van der Waals surface area contributed by atoms with Gasteiger partial charge >= 0.3 is 7.12 Å². The van der Waals surface area contributed by atoms with Crippen LogP contribution in [-0.4, -0.2) is 23.1 Å². The van der Waals surface area contributed by atoms with Gasteiger partial charge in [0.1, 0.15) is 11.6 Å². The van der Waals surface area contributed by atoms with Gasteiger partial charge in [-0.15, -0.1) is 0 Å². The first-order valence-electron chi connectivity index (χ1n) is 6.57. The number of amides is 1. The fourth-order valence-electron chi connectivity index (χ4n) is 2.00. The quantitative estimate of drug-likeness (QED) is 0.735. The Labute approximate surface area is 126 Å². The van der Waals surface area contributed by atoms with Crippen LogP contribution in [0, 0.1) is 18.6 Å². The molecule has 0 aromatic heterocycles. The van der Waals surface area contributed by atoms with Crippen LogP contribution in [0.15, 0.2) is 36.4 Å². The first-order valence-corrected chi connectivity index (χ1v) is 6.57. The van der Waals surface area contributed by atoms with Crippen molar-refractivity contribution in [3.8, 4) is 0 Å². The molecular weight excluding hydrogens is 291 g/mol. The minimum absolute atomic E-state index is 0.0270. The molecule has 0 aliphatic carbocycles. The molecule has 0 spiro atoms. The highest BCUT2D eigenvalue weighted by Gasteiger charge is 2.18. The Balaban J connectivity index is 2.13. The second kappa shape index (κ2) is 6.68. The van der Waals surface area contributed by atoms with Crippen LogP contribution in [0.25, 0.3) is 0 Å². The van der Waals surface area contributed by atoms with Gasteiger partial charge in [-0.25, -0.2) is 8.78 Å². The van der Waals surface area contributed by atoms with Crippen molar-refractivity contribution in [2.45, 2.75) is 13.5 Å². The highest BCUT2D eigenvalue weighted by Crippen LogP contribution is 2.10. The summed E-state index contributed by atoms with van der Waals surface area (Å²) in [5, 5.41) is 20.5. The van der Waals surface area contributed by atoms with Gasteiger partial charge in [0.2, 0.25) is 0 Å². The average molecular weight is 305 g/mol. The molecule has 0 saturated carbocycles. The van der Waals surface area contributed by atoms with E-state index in [0.717, 1.165) is 17.7 Å². The van der Waals surface area contributed by atoms with Crippen LogP contribution in [-0.2, 0) is 6.54 Å². The van der Waals surface area contributed by atoms with Gasteiger partial charge in [0, 0.05) is 23.1 Å². The topological polar surface area (TPSA) is 69.6 Å². The van der Waals surface area contributed by atoms with Crippen molar-refractivity contribution in [2.75, 3.05) is 0 Å². The van der Waals surface area contributed by atoms with Crippen molar-refractivity contribution < 1.29 is 23.6 Å². The molecule has 114 valence electrons. The molecule has 3 N–H and O–H groups in total. The van der Waals surface area contributed by atoms with Crippen molar-refractivity contribution in [3.63, 3.8) is 0 Å². The molecule has 2 rings (SSSR count). The van der Waals surface area contributed by atoms with Gasteiger partial charge in [0.05, 0.1) is 0 Å². The van der Waals surface area contributed by atoms with Crippen LogP contribution in [0.1, 0.15) is 21.5 Å². The van der Waals surface area contributed by atoms with E-state index < -0.39 is 30.1 Å². The summed E-state index contributed by atoms with van der Waals surface area (Å²) >= 11 is 0. The van der Waals surface area contributed by atoms with E-state index in [9.17, 15) is 13.6 Å². The maximum Gasteiger partial charge on any atom is 0.491 e. The minimum atomic E-state index is -2.01. The summed E-state index contributed by atoms with van der Waals surface area (Å²) in [5.41, 5.74) is 0.850. The molecule has 1 amide bonds. The molecule has 4 nitrogen and oxygen atoms in total. The molecule has 22 heavy (non-hydrogen) atoms. The Hall–Kier alpha value is -2.25. The third kappa shape index (κ3) is 3.69. The minimum Gasteiger partial charge on any atom is -0.423 e. The Kier molecular flexibility index (Phi) is 4.90. The van der Waals surface area contributed by atoms with Crippen molar-refractivity contribution in [3.05, 3.63) is 64.7 Å². The van der Waals surface area contributed by atoms with E-state index >= 15 is 0 Å². The zero-order valence-corrected chi connectivity index (χ0v) is 11.8. The third-order valence-corrected chi connectivity index (χ3v) is 3.18. The number of benzene rings is 2. The summed E-state index contributed by atoms with van der Waals surface area (Å²) in [6.45, 7) is 1.78. The number of carbonyl (C=O) groups excluding carboxylic acids is 1. The smallest absolute Gasteiger partial charge is 0.423 e.